The lowest BCUT2D eigenvalue weighted by atomic mass is 10.3. The molecule has 6 nitrogen and oxygen atoms in total. The number of ether oxygens (including phenoxy) is 1. The molecule has 2 aliphatic rings. The molecule has 0 spiro atoms. The van der Waals surface area contributed by atoms with Crippen molar-refractivity contribution in [1.29, 1.82) is 0 Å². The maximum absolute atomic E-state index is 5.37. The van der Waals surface area contributed by atoms with Crippen LogP contribution in [0.5, 0.6) is 0 Å². The standard InChI is InChI=1S/C12H17N5O/c1-2-16-4-3-13-10-11(16)14-9-15-12(10)17-5-7-18-8-6-17/h3,9H,2,4-8H2,1H3. The average molecular weight is 247 g/mol. The number of hydrogen-bond donors (Lipinski definition) is 0. The van der Waals surface area contributed by atoms with Crippen LogP contribution < -0.4 is 9.80 Å². The minimum atomic E-state index is 0.750. The maximum Gasteiger partial charge on any atom is 0.160 e. The van der Waals surface area contributed by atoms with Crippen molar-refractivity contribution in [3.05, 3.63) is 6.33 Å². The van der Waals surface area contributed by atoms with Crippen LogP contribution in [0.2, 0.25) is 0 Å². The molecule has 3 heterocycles. The van der Waals surface area contributed by atoms with Crippen LogP contribution in [0, 0.1) is 0 Å². The van der Waals surface area contributed by atoms with Crippen molar-refractivity contribution in [2.24, 2.45) is 4.99 Å². The minimum Gasteiger partial charge on any atom is -0.378 e. The Labute approximate surface area is 106 Å². The van der Waals surface area contributed by atoms with Crippen LogP contribution in [-0.4, -0.2) is 55.6 Å². The molecule has 3 rings (SSSR count). The molecule has 1 saturated heterocycles. The average Bonchev–Trinajstić information content (AvgIpc) is 2.47. The predicted octanol–water partition coefficient (Wildman–Crippen LogP) is 0.855. The normalized spacial score (nSPS) is 18.9. The summed E-state index contributed by atoms with van der Waals surface area (Å²) in [6, 6.07) is 0. The van der Waals surface area contributed by atoms with Crippen molar-refractivity contribution in [2.75, 3.05) is 49.2 Å². The molecule has 1 fully saturated rings. The van der Waals surface area contributed by atoms with E-state index in [9.17, 15) is 0 Å². The first kappa shape index (κ1) is 11.4. The number of hydrogen-bond acceptors (Lipinski definition) is 6. The summed E-state index contributed by atoms with van der Waals surface area (Å²) in [6.07, 6.45) is 3.56. The number of aromatic nitrogens is 2. The van der Waals surface area contributed by atoms with Gasteiger partial charge in [0.05, 0.1) is 19.8 Å². The second kappa shape index (κ2) is 4.89. The van der Waals surface area contributed by atoms with Gasteiger partial charge >= 0.3 is 0 Å². The van der Waals surface area contributed by atoms with E-state index in [-0.39, 0.29) is 0 Å². The molecular weight excluding hydrogens is 230 g/mol. The van der Waals surface area contributed by atoms with Gasteiger partial charge in [-0.3, -0.25) is 4.99 Å². The Bertz CT molecular complexity index is 456. The fraction of sp³-hybridized carbons (Fsp3) is 0.583. The van der Waals surface area contributed by atoms with Gasteiger partial charge in [-0.2, -0.15) is 0 Å². The van der Waals surface area contributed by atoms with Crippen LogP contribution >= 0.6 is 0 Å². The highest BCUT2D eigenvalue weighted by molar-refractivity contribution is 5.85. The molecule has 0 saturated carbocycles. The Kier molecular flexibility index (Phi) is 3.10. The van der Waals surface area contributed by atoms with Crippen LogP contribution in [0.15, 0.2) is 11.3 Å². The number of anilines is 2. The molecule has 96 valence electrons. The minimum absolute atomic E-state index is 0.750. The summed E-state index contributed by atoms with van der Waals surface area (Å²) < 4.78 is 5.37. The quantitative estimate of drug-likeness (QED) is 0.775. The highest BCUT2D eigenvalue weighted by Crippen LogP contribution is 2.36. The molecule has 0 atom stereocenters. The first-order chi connectivity index (χ1) is 8.90. The second-order valence-electron chi connectivity index (χ2n) is 4.32. The van der Waals surface area contributed by atoms with Gasteiger partial charge in [-0.25, -0.2) is 9.97 Å². The number of fused-ring (bicyclic) bond motifs is 1. The van der Waals surface area contributed by atoms with Gasteiger partial charge in [0, 0.05) is 25.8 Å². The number of nitrogens with zero attached hydrogens (tertiary/aromatic N) is 5. The molecule has 0 unspecified atom stereocenters. The molecule has 6 heteroatoms. The number of rotatable bonds is 2. The van der Waals surface area contributed by atoms with Gasteiger partial charge in [-0.05, 0) is 6.92 Å². The molecule has 0 N–H and O–H groups in total. The fourth-order valence-electron chi connectivity index (χ4n) is 2.31. The molecule has 0 radical (unpaired) electrons. The smallest absolute Gasteiger partial charge is 0.160 e. The molecule has 1 aromatic heterocycles. The van der Waals surface area contributed by atoms with Crippen molar-refractivity contribution >= 4 is 23.5 Å². The first-order valence-electron chi connectivity index (χ1n) is 6.35. The van der Waals surface area contributed by atoms with Crippen molar-refractivity contribution in [2.45, 2.75) is 6.92 Å². The SMILES string of the molecule is CCN1CC=Nc2c1ncnc2N1CCOCC1. The number of aliphatic imine (C=N–C) groups is 1. The van der Waals surface area contributed by atoms with E-state index in [1.165, 1.54) is 0 Å². The summed E-state index contributed by atoms with van der Waals surface area (Å²) in [5, 5.41) is 0. The zero-order chi connectivity index (χ0) is 12.4. The molecule has 0 aromatic carbocycles. The zero-order valence-electron chi connectivity index (χ0n) is 10.5. The summed E-state index contributed by atoms with van der Waals surface area (Å²) in [6.45, 7) is 7.11. The van der Waals surface area contributed by atoms with E-state index in [1.54, 1.807) is 6.33 Å². The van der Waals surface area contributed by atoms with Crippen LogP contribution in [0.25, 0.3) is 0 Å². The van der Waals surface area contributed by atoms with E-state index < -0.39 is 0 Å². The largest absolute Gasteiger partial charge is 0.378 e. The van der Waals surface area contributed by atoms with Gasteiger partial charge in [0.2, 0.25) is 0 Å². The van der Waals surface area contributed by atoms with Crippen molar-refractivity contribution in [3.63, 3.8) is 0 Å². The lowest BCUT2D eigenvalue weighted by molar-refractivity contribution is 0.122. The highest BCUT2D eigenvalue weighted by atomic mass is 16.5. The summed E-state index contributed by atoms with van der Waals surface area (Å²) in [5.74, 6) is 1.87. The predicted molar refractivity (Wildman–Crippen MR) is 71.1 cm³/mol. The third-order valence-corrected chi connectivity index (χ3v) is 3.30. The second-order valence-corrected chi connectivity index (χ2v) is 4.32. The monoisotopic (exact) mass is 247 g/mol. The highest BCUT2D eigenvalue weighted by Gasteiger charge is 2.23. The molecule has 0 bridgehead atoms. The van der Waals surface area contributed by atoms with Crippen LogP contribution in [-0.2, 0) is 4.74 Å². The lowest BCUT2D eigenvalue weighted by Gasteiger charge is -2.31. The van der Waals surface area contributed by atoms with E-state index in [4.69, 9.17) is 4.74 Å². The van der Waals surface area contributed by atoms with E-state index in [1.807, 2.05) is 6.21 Å². The number of morpholine rings is 1. The van der Waals surface area contributed by atoms with E-state index in [2.05, 4.69) is 31.7 Å². The van der Waals surface area contributed by atoms with Crippen molar-refractivity contribution < 1.29 is 4.74 Å². The zero-order valence-corrected chi connectivity index (χ0v) is 10.5. The van der Waals surface area contributed by atoms with E-state index in [0.717, 1.165) is 56.7 Å². The van der Waals surface area contributed by atoms with Gasteiger partial charge in [-0.1, -0.05) is 0 Å². The van der Waals surface area contributed by atoms with Crippen LogP contribution in [0.1, 0.15) is 6.92 Å². The Hall–Kier alpha value is -1.69. The van der Waals surface area contributed by atoms with Crippen molar-refractivity contribution in [3.8, 4) is 0 Å². The van der Waals surface area contributed by atoms with Gasteiger partial charge < -0.3 is 14.5 Å². The summed E-state index contributed by atoms with van der Waals surface area (Å²) in [4.78, 5) is 17.7. The van der Waals surface area contributed by atoms with Gasteiger partial charge in [0.25, 0.3) is 0 Å². The molecule has 18 heavy (non-hydrogen) atoms. The van der Waals surface area contributed by atoms with Gasteiger partial charge in [0.1, 0.15) is 12.0 Å². The molecule has 2 aliphatic heterocycles. The third-order valence-electron chi connectivity index (χ3n) is 3.30. The van der Waals surface area contributed by atoms with E-state index >= 15 is 0 Å². The topological polar surface area (TPSA) is 53.9 Å². The molecule has 1 aromatic rings. The Morgan fingerprint density at radius 3 is 2.78 bits per heavy atom. The fourth-order valence-corrected chi connectivity index (χ4v) is 2.31. The van der Waals surface area contributed by atoms with Gasteiger partial charge in [0.15, 0.2) is 11.6 Å². The van der Waals surface area contributed by atoms with Crippen LogP contribution in [0.4, 0.5) is 17.3 Å². The lowest BCUT2D eigenvalue weighted by Crippen LogP contribution is -2.37. The van der Waals surface area contributed by atoms with Crippen molar-refractivity contribution in [1.82, 2.24) is 9.97 Å². The summed E-state index contributed by atoms with van der Waals surface area (Å²) in [7, 11) is 0. The van der Waals surface area contributed by atoms with E-state index in [0.29, 0.717) is 0 Å². The summed E-state index contributed by atoms with van der Waals surface area (Å²) in [5.41, 5.74) is 0.896. The Morgan fingerprint density at radius 2 is 2.00 bits per heavy atom. The molecule has 0 aliphatic carbocycles. The maximum atomic E-state index is 5.37. The molecule has 0 amide bonds. The molecular formula is C12H17N5O. The van der Waals surface area contributed by atoms with Crippen LogP contribution in [0.3, 0.4) is 0 Å². The van der Waals surface area contributed by atoms with Gasteiger partial charge in [-0.15, -0.1) is 0 Å². The Balaban J connectivity index is 1.98. The third kappa shape index (κ3) is 1.92. The Morgan fingerprint density at radius 1 is 1.22 bits per heavy atom. The summed E-state index contributed by atoms with van der Waals surface area (Å²) >= 11 is 0. The first-order valence-corrected chi connectivity index (χ1v) is 6.35.